The number of rotatable bonds is 4. The molecule has 0 spiro atoms. The second kappa shape index (κ2) is 7.39. The van der Waals surface area contributed by atoms with Crippen molar-refractivity contribution in [2.75, 3.05) is 0 Å². The Bertz CT molecular complexity index is 1300. The molecule has 0 N–H and O–H groups in total. The monoisotopic (exact) mass is 415 g/mol. The number of fused-ring (bicyclic) bond motifs is 2. The van der Waals surface area contributed by atoms with E-state index in [4.69, 9.17) is 21.1 Å². The number of aryl methyl sites for hydroxylation is 1. The highest BCUT2D eigenvalue weighted by molar-refractivity contribution is 6.30. The number of ether oxygens (including phenoxy) is 2. The third-order valence-electron chi connectivity index (χ3n) is 5.17. The van der Waals surface area contributed by atoms with Crippen molar-refractivity contribution < 1.29 is 14.3 Å². The molecule has 1 aliphatic rings. The first kappa shape index (κ1) is 18.5. The number of ketones is 1. The van der Waals surface area contributed by atoms with Crippen molar-refractivity contribution in [3.05, 3.63) is 100 Å². The van der Waals surface area contributed by atoms with Crippen LogP contribution in [0.5, 0.6) is 11.5 Å². The van der Waals surface area contributed by atoms with Gasteiger partial charge in [-0.05, 0) is 42.0 Å². The molecule has 30 heavy (non-hydrogen) atoms. The molecular formula is C25H18ClNO3. The summed E-state index contributed by atoms with van der Waals surface area (Å²) in [5.41, 5.74) is 3.60. The fraction of sp³-hybridized carbons (Fsp3) is 0.0800. The molecule has 4 nitrogen and oxygen atoms in total. The fourth-order valence-electron chi connectivity index (χ4n) is 3.63. The molecule has 0 atom stereocenters. The lowest BCUT2D eigenvalue weighted by Gasteiger charge is -2.07. The number of hydrogen-bond acceptors (Lipinski definition) is 3. The van der Waals surface area contributed by atoms with Crippen molar-refractivity contribution in [3.8, 4) is 11.5 Å². The van der Waals surface area contributed by atoms with Crippen molar-refractivity contribution in [1.82, 2.24) is 4.57 Å². The molecule has 0 fully saturated rings. The molecule has 1 aromatic heterocycles. The number of carbonyl (C=O) groups excluding carboxylic acids is 1. The molecule has 148 valence electrons. The van der Waals surface area contributed by atoms with Crippen molar-refractivity contribution in [1.29, 1.82) is 0 Å². The average Bonchev–Trinajstić information content (AvgIpc) is 3.24. The van der Waals surface area contributed by atoms with Gasteiger partial charge in [-0.1, -0.05) is 41.9 Å². The minimum atomic E-state index is -0.123. The summed E-state index contributed by atoms with van der Waals surface area (Å²) in [6.07, 6.45) is 3.80. The lowest BCUT2D eigenvalue weighted by molar-refractivity contribution is 0.101. The predicted molar refractivity (Wildman–Crippen MR) is 118 cm³/mol. The summed E-state index contributed by atoms with van der Waals surface area (Å²) >= 11 is 5.92. The first-order chi connectivity index (χ1) is 14.6. The quantitative estimate of drug-likeness (QED) is 0.382. The highest BCUT2D eigenvalue weighted by Gasteiger charge is 2.28. The third kappa shape index (κ3) is 3.36. The number of nitrogens with zero attached hydrogens (tertiary/aromatic N) is 1. The number of para-hydroxylation sites is 1. The van der Waals surface area contributed by atoms with Crippen LogP contribution >= 0.6 is 11.6 Å². The van der Waals surface area contributed by atoms with Crippen LogP contribution in [0.2, 0.25) is 5.02 Å². The van der Waals surface area contributed by atoms with Gasteiger partial charge in [-0.15, -0.1) is 0 Å². The zero-order chi connectivity index (χ0) is 20.7. The van der Waals surface area contributed by atoms with Gasteiger partial charge in [-0.2, -0.15) is 0 Å². The number of hydrogen-bond donors (Lipinski definition) is 0. The Morgan fingerprint density at radius 3 is 2.70 bits per heavy atom. The molecule has 0 amide bonds. The molecule has 0 saturated heterocycles. The summed E-state index contributed by atoms with van der Waals surface area (Å²) in [6, 6.07) is 20.9. The minimum absolute atomic E-state index is 0.123. The first-order valence-corrected chi connectivity index (χ1v) is 9.96. The average molecular weight is 416 g/mol. The van der Waals surface area contributed by atoms with Crippen LogP contribution in [0.3, 0.4) is 0 Å². The SMILES string of the molecule is Cn1cc(/C=C2\Oc3cc(OCc4ccc(Cl)cc4)ccc3C2=O)c2ccccc21. The Kier molecular flexibility index (Phi) is 4.57. The summed E-state index contributed by atoms with van der Waals surface area (Å²) in [5.74, 6) is 1.35. The van der Waals surface area contributed by atoms with E-state index in [2.05, 4.69) is 0 Å². The van der Waals surface area contributed by atoms with Gasteiger partial charge in [0.1, 0.15) is 18.1 Å². The van der Waals surface area contributed by atoms with Crippen LogP contribution in [0.25, 0.3) is 17.0 Å². The van der Waals surface area contributed by atoms with E-state index in [1.165, 1.54) is 0 Å². The van der Waals surface area contributed by atoms with E-state index in [9.17, 15) is 4.79 Å². The topological polar surface area (TPSA) is 40.5 Å². The zero-order valence-electron chi connectivity index (χ0n) is 16.3. The van der Waals surface area contributed by atoms with E-state index in [1.54, 1.807) is 24.3 Å². The second-order valence-corrected chi connectivity index (χ2v) is 7.66. The minimum Gasteiger partial charge on any atom is -0.489 e. The number of carbonyl (C=O) groups is 1. The standard InChI is InChI=1S/C25H18ClNO3/c1-27-14-17(20-4-2-3-5-22(20)27)12-24-25(28)21-11-10-19(13-23(21)30-24)29-15-16-6-8-18(26)9-7-16/h2-14H,15H2,1H3/b24-12-. The molecule has 0 aliphatic carbocycles. The van der Waals surface area contributed by atoms with Crippen LogP contribution in [-0.4, -0.2) is 10.4 Å². The molecule has 4 aromatic rings. The second-order valence-electron chi connectivity index (χ2n) is 7.23. The lowest BCUT2D eigenvalue weighted by Crippen LogP contribution is -1.97. The molecule has 0 radical (unpaired) electrons. The van der Waals surface area contributed by atoms with Crippen LogP contribution in [0.4, 0.5) is 0 Å². The fourth-order valence-corrected chi connectivity index (χ4v) is 3.76. The molecule has 0 saturated carbocycles. The van der Waals surface area contributed by atoms with Crippen molar-refractivity contribution in [2.45, 2.75) is 6.61 Å². The molecule has 0 unspecified atom stereocenters. The molecule has 5 heteroatoms. The van der Waals surface area contributed by atoms with Gasteiger partial charge in [-0.3, -0.25) is 4.79 Å². The Balaban J connectivity index is 1.39. The first-order valence-electron chi connectivity index (χ1n) is 9.58. The van der Waals surface area contributed by atoms with Gasteiger partial charge in [0, 0.05) is 40.8 Å². The van der Waals surface area contributed by atoms with Gasteiger partial charge in [0.05, 0.1) is 5.56 Å². The molecular weight excluding hydrogens is 398 g/mol. The van der Waals surface area contributed by atoms with E-state index < -0.39 is 0 Å². The normalized spacial score (nSPS) is 14.2. The smallest absolute Gasteiger partial charge is 0.231 e. The number of allylic oxidation sites excluding steroid dienone is 1. The zero-order valence-corrected chi connectivity index (χ0v) is 17.0. The summed E-state index contributed by atoms with van der Waals surface area (Å²) in [6.45, 7) is 0.405. The summed E-state index contributed by atoms with van der Waals surface area (Å²) in [7, 11) is 1.99. The van der Waals surface area contributed by atoms with Crippen LogP contribution < -0.4 is 9.47 Å². The maximum Gasteiger partial charge on any atom is 0.231 e. The maximum absolute atomic E-state index is 12.8. The lowest BCUT2D eigenvalue weighted by atomic mass is 10.1. The maximum atomic E-state index is 12.8. The number of halogens is 1. The van der Waals surface area contributed by atoms with Gasteiger partial charge >= 0.3 is 0 Å². The van der Waals surface area contributed by atoms with Gasteiger partial charge in [-0.25, -0.2) is 0 Å². The van der Waals surface area contributed by atoms with Gasteiger partial charge in [0.25, 0.3) is 0 Å². The summed E-state index contributed by atoms with van der Waals surface area (Å²) in [5, 5.41) is 1.76. The summed E-state index contributed by atoms with van der Waals surface area (Å²) < 4.78 is 13.8. The van der Waals surface area contributed by atoms with Gasteiger partial charge in [0.15, 0.2) is 5.76 Å². The van der Waals surface area contributed by atoms with E-state index in [-0.39, 0.29) is 5.78 Å². The summed E-state index contributed by atoms with van der Waals surface area (Å²) in [4.78, 5) is 12.8. The largest absolute Gasteiger partial charge is 0.489 e. The van der Waals surface area contributed by atoms with Crippen molar-refractivity contribution in [3.63, 3.8) is 0 Å². The Labute approximate surface area is 178 Å². The van der Waals surface area contributed by atoms with Crippen LogP contribution in [0, 0.1) is 0 Å². The van der Waals surface area contributed by atoms with E-state index in [0.29, 0.717) is 34.5 Å². The third-order valence-corrected chi connectivity index (χ3v) is 5.43. The number of aromatic nitrogens is 1. The van der Waals surface area contributed by atoms with Gasteiger partial charge < -0.3 is 14.0 Å². The number of Topliss-reactive ketones (excluding diaryl/α,β-unsaturated/α-hetero) is 1. The van der Waals surface area contributed by atoms with Crippen molar-refractivity contribution >= 4 is 34.4 Å². The molecule has 2 heterocycles. The van der Waals surface area contributed by atoms with E-state index in [0.717, 1.165) is 22.0 Å². The molecule has 3 aromatic carbocycles. The van der Waals surface area contributed by atoms with E-state index >= 15 is 0 Å². The van der Waals surface area contributed by atoms with Crippen molar-refractivity contribution in [2.24, 2.45) is 7.05 Å². The Morgan fingerprint density at radius 2 is 1.87 bits per heavy atom. The van der Waals surface area contributed by atoms with Crippen LogP contribution in [-0.2, 0) is 13.7 Å². The highest BCUT2D eigenvalue weighted by atomic mass is 35.5. The predicted octanol–water partition coefficient (Wildman–Crippen LogP) is 6.03. The molecule has 5 rings (SSSR count). The van der Waals surface area contributed by atoms with Crippen LogP contribution in [0.1, 0.15) is 21.5 Å². The van der Waals surface area contributed by atoms with E-state index in [1.807, 2.05) is 66.3 Å². The number of benzene rings is 3. The van der Waals surface area contributed by atoms with Crippen LogP contribution in [0.15, 0.2) is 78.7 Å². The Hall–Kier alpha value is -3.50. The highest BCUT2D eigenvalue weighted by Crippen LogP contribution is 2.36. The Morgan fingerprint density at radius 1 is 1.07 bits per heavy atom. The molecule has 0 bridgehead atoms. The van der Waals surface area contributed by atoms with Gasteiger partial charge in [0.2, 0.25) is 5.78 Å². The molecule has 1 aliphatic heterocycles.